The quantitative estimate of drug-likeness (QED) is 0.842. The van der Waals surface area contributed by atoms with E-state index in [4.69, 9.17) is 5.73 Å². The zero-order chi connectivity index (χ0) is 11.4. The van der Waals surface area contributed by atoms with Gasteiger partial charge in [-0.15, -0.1) is 0 Å². The van der Waals surface area contributed by atoms with Crippen LogP contribution in [0.1, 0.15) is 18.4 Å². The number of nitrogens with one attached hydrogen (secondary N) is 1. The molecule has 1 aromatic rings. The van der Waals surface area contributed by atoms with E-state index in [2.05, 4.69) is 27.0 Å². The summed E-state index contributed by atoms with van der Waals surface area (Å²) in [5.74, 6) is 4.57. The lowest BCUT2D eigenvalue weighted by molar-refractivity contribution is 0.515. The maximum atomic E-state index is 5.57. The fourth-order valence-electron chi connectivity index (χ4n) is 1.83. The second-order valence-corrected chi connectivity index (χ2v) is 5.42. The Bertz CT molecular complexity index is 350. The Hall–Kier alpha value is -0.970. The number of nitrogens with two attached hydrogens (primary N) is 1. The molecule has 0 aliphatic carbocycles. The summed E-state index contributed by atoms with van der Waals surface area (Å²) in [6, 6.07) is 0. The molecule has 0 radical (unpaired) electrons. The number of hydrogen-bond donors (Lipinski definition) is 2. The van der Waals surface area contributed by atoms with E-state index < -0.39 is 0 Å². The first-order chi connectivity index (χ1) is 7.75. The van der Waals surface area contributed by atoms with Gasteiger partial charge in [0.15, 0.2) is 0 Å². The third-order valence-electron chi connectivity index (χ3n) is 2.89. The molecule has 0 spiro atoms. The van der Waals surface area contributed by atoms with Crippen LogP contribution in [-0.4, -0.2) is 28.0 Å². The highest BCUT2D eigenvalue weighted by Crippen LogP contribution is 2.23. The SMILES string of the molecule is Cc1cnc(N)nc1NCC1CCSCC1. The topological polar surface area (TPSA) is 63.8 Å². The lowest BCUT2D eigenvalue weighted by atomic mass is 10.0. The summed E-state index contributed by atoms with van der Waals surface area (Å²) in [6.07, 6.45) is 4.37. The molecular weight excluding hydrogens is 220 g/mol. The van der Waals surface area contributed by atoms with Crippen LogP contribution in [-0.2, 0) is 0 Å². The first-order valence-corrected chi connectivity index (χ1v) is 6.82. The molecule has 3 N–H and O–H groups in total. The summed E-state index contributed by atoms with van der Waals surface area (Å²) in [7, 11) is 0. The van der Waals surface area contributed by atoms with E-state index in [1.54, 1.807) is 6.20 Å². The highest BCUT2D eigenvalue weighted by molar-refractivity contribution is 7.99. The van der Waals surface area contributed by atoms with E-state index in [1.807, 2.05) is 6.92 Å². The maximum Gasteiger partial charge on any atom is 0.221 e. The number of anilines is 2. The maximum absolute atomic E-state index is 5.57. The van der Waals surface area contributed by atoms with Crippen molar-refractivity contribution in [2.75, 3.05) is 29.1 Å². The van der Waals surface area contributed by atoms with Crippen molar-refractivity contribution in [3.8, 4) is 0 Å². The van der Waals surface area contributed by atoms with Crippen molar-refractivity contribution in [1.82, 2.24) is 9.97 Å². The van der Waals surface area contributed by atoms with Crippen molar-refractivity contribution in [3.05, 3.63) is 11.8 Å². The van der Waals surface area contributed by atoms with Crippen molar-refractivity contribution < 1.29 is 0 Å². The van der Waals surface area contributed by atoms with Gasteiger partial charge in [-0.1, -0.05) is 0 Å². The molecule has 1 aliphatic rings. The molecule has 5 heteroatoms. The average molecular weight is 238 g/mol. The van der Waals surface area contributed by atoms with Gasteiger partial charge in [0, 0.05) is 18.3 Å². The Balaban J connectivity index is 1.90. The van der Waals surface area contributed by atoms with Gasteiger partial charge in [-0.25, -0.2) is 4.98 Å². The largest absolute Gasteiger partial charge is 0.369 e. The molecule has 0 unspecified atom stereocenters. The Morgan fingerprint density at radius 1 is 1.50 bits per heavy atom. The van der Waals surface area contributed by atoms with E-state index in [0.29, 0.717) is 5.95 Å². The van der Waals surface area contributed by atoms with Crippen LogP contribution < -0.4 is 11.1 Å². The van der Waals surface area contributed by atoms with Crippen LogP contribution >= 0.6 is 11.8 Å². The zero-order valence-corrected chi connectivity index (χ0v) is 10.4. The lowest BCUT2D eigenvalue weighted by Gasteiger charge is -2.22. The van der Waals surface area contributed by atoms with E-state index in [9.17, 15) is 0 Å². The van der Waals surface area contributed by atoms with Crippen molar-refractivity contribution in [2.45, 2.75) is 19.8 Å². The van der Waals surface area contributed by atoms with Crippen LogP contribution in [0.15, 0.2) is 6.20 Å². The van der Waals surface area contributed by atoms with Gasteiger partial charge in [0.05, 0.1) is 0 Å². The molecule has 1 saturated heterocycles. The van der Waals surface area contributed by atoms with Gasteiger partial charge < -0.3 is 11.1 Å². The second kappa shape index (κ2) is 5.39. The normalized spacial score (nSPS) is 17.3. The van der Waals surface area contributed by atoms with Crippen LogP contribution in [0.5, 0.6) is 0 Å². The van der Waals surface area contributed by atoms with Gasteiger partial charge >= 0.3 is 0 Å². The van der Waals surface area contributed by atoms with Gasteiger partial charge in [-0.05, 0) is 37.2 Å². The first-order valence-electron chi connectivity index (χ1n) is 5.66. The predicted molar refractivity (Wildman–Crippen MR) is 69.7 cm³/mol. The highest BCUT2D eigenvalue weighted by Gasteiger charge is 2.13. The summed E-state index contributed by atoms with van der Waals surface area (Å²) in [4.78, 5) is 8.16. The second-order valence-electron chi connectivity index (χ2n) is 4.20. The molecule has 2 heterocycles. The molecular formula is C11H18N4S. The summed E-state index contributed by atoms with van der Waals surface area (Å²) in [5.41, 5.74) is 6.63. The van der Waals surface area contributed by atoms with Gasteiger partial charge in [0.25, 0.3) is 0 Å². The Labute approximate surface area is 100 Å². The fourth-order valence-corrected chi connectivity index (χ4v) is 3.03. The summed E-state index contributed by atoms with van der Waals surface area (Å²) in [6.45, 7) is 3.00. The number of rotatable bonds is 3. The number of nitrogens with zero attached hydrogens (tertiary/aromatic N) is 2. The summed E-state index contributed by atoms with van der Waals surface area (Å²) in [5, 5.41) is 3.38. The highest BCUT2D eigenvalue weighted by atomic mass is 32.2. The van der Waals surface area contributed by atoms with Crippen molar-refractivity contribution in [2.24, 2.45) is 5.92 Å². The smallest absolute Gasteiger partial charge is 0.221 e. The van der Waals surface area contributed by atoms with Gasteiger partial charge in [-0.2, -0.15) is 16.7 Å². The first kappa shape index (κ1) is 11.5. The Morgan fingerprint density at radius 3 is 3.00 bits per heavy atom. The number of hydrogen-bond acceptors (Lipinski definition) is 5. The van der Waals surface area contributed by atoms with E-state index in [0.717, 1.165) is 23.8 Å². The van der Waals surface area contributed by atoms with Gasteiger partial charge in [-0.3, -0.25) is 0 Å². The number of thioether (sulfide) groups is 1. The monoisotopic (exact) mass is 238 g/mol. The van der Waals surface area contributed by atoms with Crippen LogP contribution in [0.2, 0.25) is 0 Å². The third-order valence-corrected chi connectivity index (χ3v) is 3.94. The van der Waals surface area contributed by atoms with E-state index >= 15 is 0 Å². The minimum atomic E-state index is 0.340. The molecule has 2 rings (SSSR count). The molecule has 0 saturated carbocycles. The minimum Gasteiger partial charge on any atom is -0.369 e. The molecule has 4 nitrogen and oxygen atoms in total. The molecule has 1 aliphatic heterocycles. The molecule has 0 aromatic carbocycles. The van der Waals surface area contributed by atoms with E-state index in [-0.39, 0.29) is 0 Å². The Morgan fingerprint density at radius 2 is 2.25 bits per heavy atom. The number of aromatic nitrogens is 2. The number of aryl methyl sites for hydroxylation is 1. The van der Waals surface area contributed by atoms with Gasteiger partial charge in [0.2, 0.25) is 5.95 Å². The standard InChI is InChI=1S/C11H18N4S/c1-8-6-14-11(12)15-10(8)13-7-9-2-4-16-5-3-9/h6,9H,2-5,7H2,1H3,(H3,12,13,14,15). The van der Waals surface area contributed by atoms with Crippen LogP contribution in [0.4, 0.5) is 11.8 Å². The summed E-state index contributed by atoms with van der Waals surface area (Å²) < 4.78 is 0. The van der Waals surface area contributed by atoms with Crippen molar-refractivity contribution >= 4 is 23.5 Å². The Kier molecular flexibility index (Phi) is 3.88. The van der Waals surface area contributed by atoms with Crippen molar-refractivity contribution in [1.29, 1.82) is 0 Å². The molecule has 1 aromatic heterocycles. The molecule has 0 amide bonds. The zero-order valence-electron chi connectivity index (χ0n) is 9.57. The van der Waals surface area contributed by atoms with Crippen molar-refractivity contribution in [3.63, 3.8) is 0 Å². The van der Waals surface area contributed by atoms with E-state index in [1.165, 1.54) is 24.3 Å². The lowest BCUT2D eigenvalue weighted by Crippen LogP contribution is -2.20. The third kappa shape index (κ3) is 3.01. The molecule has 0 bridgehead atoms. The van der Waals surface area contributed by atoms with Crippen LogP contribution in [0, 0.1) is 12.8 Å². The molecule has 88 valence electrons. The molecule has 16 heavy (non-hydrogen) atoms. The predicted octanol–water partition coefficient (Wildman–Crippen LogP) is 1.92. The molecule has 1 fully saturated rings. The molecule has 0 atom stereocenters. The number of nitrogen functional groups attached to an aromatic ring is 1. The average Bonchev–Trinajstić information content (AvgIpc) is 2.32. The fraction of sp³-hybridized carbons (Fsp3) is 0.636. The van der Waals surface area contributed by atoms with Crippen LogP contribution in [0.3, 0.4) is 0 Å². The van der Waals surface area contributed by atoms with Crippen LogP contribution in [0.25, 0.3) is 0 Å². The summed E-state index contributed by atoms with van der Waals surface area (Å²) >= 11 is 2.05. The van der Waals surface area contributed by atoms with Gasteiger partial charge in [0.1, 0.15) is 5.82 Å². The minimum absolute atomic E-state index is 0.340.